The minimum Gasteiger partial charge on any atom is -0.478 e. The molecule has 1 aromatic carbocycles. The maximum atomic E-state index is 10.6. The average Bonchev–Trinajstić information content (AvgIpc) is 2.46. The smallest absolute Gasteiger partial charge is 0.328 e. The Morgan fingerprint density at radius 3 is 2.86 bits per heavy atom. The van der Waals surface area contributed by atoms with Crippen LogP contribution in [-0.4, -0.2) is 36.9 Å². The first-order valence-corrected chi connectivity index (χ1v) is 7.25. The lowest BCUT2D eigenvalue weighted by Crippen LogP contribution is -2.47. The van der Waals surface area contributed by atoms with E-state index in [0.717, 1.165) is 37.1 Å². The van der Waals surface area contributed by atoms with Gasteiger partial charge < -0.3 is 14.7 Å². The SMILES string of the molecule is COC1(C)CCCN(c2ccc(/C=C/C(=O)O)c(C)c2)C1. The van der Waals surface area contributed by atoms with Crippen molar-refractivity contribution < 1.29 is 14.6 Å². The van der Waals surface area contributed by atoms with E-state index in [9.17, 15) is 4.79 Å². The van der Waals surface area contributed by atoms with E-state index in [1.807, 2.05) is 13.0 Å². The van der Waals surface area contributed by atoms with Gasteiger partial charge in [0, 0.05) is 32.0 Å². The maximum Gasteiger partial charge on any atom is 0.328 e. The van der Waals surface area contributed by atoms with Crippen molar-refractivity contribution in [1.29, 1.82) is 0 Å². The molecule has 0 saturated carbocycles. The zero-order valence-corrected chi connectivity index (χ0v) is 12.9. The molecule has 1 unspecified atom stereocenters. The number of carboxylic acid groups (broad SMARTS) is 1. The van der Waals surface area contributed by atoms with Crippen LogP contribution in [0.3, 0.4) is 0 Å². The highest BCUT2D eigenvalue weighted by Crippen LogP contribution is 2.29. The first kappa shape index (κ1) is 15.6. The van der Waals surface area contributed by atoms with Gasteiger partial charge in [-0.15, -0.1) is 0 Å². The Balaban J connectivity index is 2.18. The van der Waals surface area contributed by atoms with Crippen LogP contribution in [0, 0.1) is 6.92 Å². The third kappa shape index (κ3) is 3.85. The number of ether oxygens (including phenoxy) is 1. The van der Waals surface area contributed by atoms with Gasteiger partial charge in [0.05, 0.1) is 5.60 Å². The van der Waals surface area contributed by atoms with E-state index in [2.05, 4.69) is 24.0 Å². The van der Waals surface area contributed by atoms with Crippen molar-refractivity contribution in [2.45, 2.75) is 32.3 Å². The quantitative estimate of drug-likeness (QED) is 0.865. The predicted molar refractivity (Wildman–Crippen MR) is 84.7 cm³/mol. The van der Waals surface area contributed by atoms with Crippen LogP contribution in [0.4, 0.5) is 5.69 Å². The van der Waals surface area contributed by atoms with Gasteiger partial charge in [-0.25, -0.2) is 4.79 Å². The molecule has 1 aliphatic heterocycles. The van der Waals surface area contributed by atoms with Crippen molar-refractivity contribution in [3.63, 3.8) is 0 Å². The number of carboxylic acids is 1. The zero-order chi connectivity index (χ0) is 15.5. The van der Waals surface area contributed by atoms with Crippen molar-refractivity contribution in [3.05, 3.63) is 35.4 Å². The van der Waals surface area contributed by atoms with Gasteiger partial charge in [0.25, 0.3) is 0 Å². The van der Waals surface area contributed by atoms with E-state index in [1.165, 1.54) is 11.8 Å². The van der Waals surface area contributed by atoms with Crippen LogP contribution in [0.25, 0.3) is 6.08 Å². The second-order valence-corrected chi connectivity index (χ2v) is 5.89. The summed E-state index contributed by atoms with van der Waals surface area (Å²) in [6.07, 6.45) is 5.00. The monoisotopic (exact) mass is 289 g/mol. The lowest BCUT2D eigenvalue weighted by Gasteiger charge is -2.40. The Morgan fingerprint density at radius 2 is 2.24 bits per heavy atom. The number of anilines is 1. The number of rotatable bonds is 4. The summed E-state index contributed by atoms with van der Waals surface area (Å²) in [5.74, 6) is -0.926. The fraction of sp³-hybridized carbons (Fsp3) is 0.471. The highest BCUT2D eigenvalue weighted by molar-refractivity contribution is 5.85. The summed E-state index contributed by atoms with van der Waals surface area (Å²) >= 11 is 0. The Morgan fingerprint density at radius 1 is 1.48 bits per heavy atom. The number of hydrogen-bond donors (Lipinski definition) is 1. The number of piperidine rings is 1. The summed E-state index contributed by atoms with van der Waals surface area (Å²) in [5.41, 5.74) is 3.10. The molecule has 1 saturated heterocycles. The molecule has 1 N–H and O–H groups in total. The molecule has 1 fully saturated rings. The maximum absolute atomic E-state index is 10.6. The van der Waals surface area contributed by atoms with Gasteiger partial charge in [-0.2, -0.15) is 0 Å². The molecule has 2 rings (SSSR count). The van der Waals surface area contributed by atoms with Crippen molar-refractivity contribution in [1.82, 2.24) is 0 Å². The molecule has 0 aliphatic carbocycles. The van der Waals surface area contributed by atoms with E-state index in [-0.39, 0.29) is 5.60 Å². The van der Waals surface area contributed by atoms with E-state index in [0.29, 0.717) is 0 Å². The van der Waals surface area contributed by atoms with Gasteiger partial charge in [-0.3, -0.25) is 0 Å². The second-order valence-electron chi connectivity index (χ2n) is 5.89. The van der Waals surface area contributed by atoms with Gasteiger partial charge >= 0.3 is 5.97 Å². The average molecular weight is 289 g/mol. The summed E-state index contributed by atoms with van der Waals surface area (Å²) in [5, 5.41) is 8.70. The molecule has 1 aromatic rings. The normalized spacial score (nSPS) is 22.7. The van der Waals surface area contributed by atoms with Crippen LogP contribution >= 0.6 is 0 Å². The lowest BCUT2D eigenvalue weighted by atomic mass is 9.94. The molecule has 114 valence electrons. The predicted octanol–water partition coefficient (Wildman–Crippen LogP) is 3.10. The molecule has 4 nitrogen and oxygen atoms in total. The molecule has 0 bridgehead atoms. The summed E-state index contributed by atoms with van der Waals surface area (Å²) < 4.78 is 5.63. The van der Waals surface area contributed by atoms with E-state index in [4.69, 9.17) is 9.84 Å². The van der Waals surface area contributed by atoms with Crippen LogP contribution in [0.2, 0.25) is 0 Å². The Labute approximate surface area is 126 Å². The van der Waals surface area contributed by atoms with Gasteiger partial charge in [-0.1, -0.05) is 6.07 Å². The summed E-state index contributed by atoms with van der Waals surface area (Å²) in [6, 6.07) is 6.14. The molecule has 0 radical (unpaired) electrons. The lowest BCUT2D eigenvalue weighted by molar-refractivity contribution is -0.131. The summed E-state index contributed by atoms with van der Waals surface area (Å²) in [6.45, 7) is 6.07. The number of methoxy groups -OCH3 is 1. The molecule has 0 aromatic heterocycles. The largest absolute Gasteiger partial charge is 0.478 e. The number of benzene rings is 1. The number of aliphatic carboxylic acids is 1. The standard InChI is InChI=1S/C17H23NO3/c1-13-11-15(7-5-14(13)6-8-16(19)20)18-10-4-9-17(2,12-18)21-3/h5-8,11H,4,9-10,12H2,1-3H3,(H,19,20)/b8-6+. The number of hydrogen-bond acceptors (Lipinski definition) is 3. The van der Waals surface area contributed by atoms with Crippen molar-refractivity contribution in [3.8, 4) is 0 Å². The molecule has 21 heavy (non-hydrogen) atoms. The second kappa shape index (κ2) is 6.31. The van der Waals surface area contributed by atoms with Crippen molar-refractivity contribution in [2.24, 2.45) is 0 Å². The molecular formula is C17H23NO3. The van der Waals surface area contributed by atoms with E-state index in [1.54, 1.807) is 13.2 Å². The van der Waals surface area contributed by atoms with Gasteiger partial charge in [0.2, 0.25) is 0 Å². The molecular weight excluding hydrogens is 266 g/mol. The number of carbonyl (C=O) groups is 1. The van der Waals surface area contributed by atoms with Crippen molar-refractivity contribution >= 4 is 17.7 Å². The Bertz CT molecular complexity index is 553. The first-order valence-electron chi connectivity index (χ1n) is 7.25. The van der Waals surface area contributed by atoms with E-state index < -0.39 is 5.97 Å². The highest BCUT2D eigenvalue weighted by Gasteiger charge is 2.30. The molecule has 0 amide bonds. The third-order valence-electron chi connectivity index (χ3n) is 4.18. The molecule has 1 atom stereocenters. The molecule has 4 heteroatoms. The van der Waals surface area contributed by atoms with Crippen LogP contribution in [-0.2, 0) is 9.53 Å². The fourth-order valence-electron chi connectivity index (χ4n) is 2.80. The Kier molecular flexibility index (Phi) is 4.68. The van der Waals surface area contributed by atoms with Crippen LogP contribution in [0.15, 0.2) is 24.3 Å². The molecule has 1 aliphatic rings. The molecule has 0 spiro atoms. The highest BCUT2D eigenvalue weighted by atomic mass is 16.5. The first-order chi connectivity index (χ1) is 9.93. The van der Waals surface area contributed by atoms with Gasteiger partial charge in [0.1, 0.15) is 0 Å². The number of nitrogens with zero attached hydrogens (tertiary/aromatic N) is 1. The fourth-order valence-corrected chi connectivity index (χ4v) is 2.80. The molecule has 1 heterocycles. The van der Waals surface area contributed by atoms with E-state index >= 15 is 0 Å². The topological polar surface area (TPSA) is 49.8 Å². The van der Waals surface area contributed by atoms with Crippen LogP contribution in [0.1, 0.15) is 30.9 Å². The summed E-state index contributed by atoms with van der Waals surface area (Å²) in [7, 11) is 1.77. The van der Waals surface area contributed by atoms with Crippen LogP contribution < -0.4 is 4.90 Å². The van der Waals surface area contributed by atoms with Gasteiger partial charge in [-0.05, 0) is 56.0 Å². The summed E-state index contributed by atoms with van der Waals surface area (Å²) in [4.78, 5) is 12.9. The number of aryl methyl sites for hydroxylation is 1. The van der Waals surface area contributed by atoms with Crippen molar-refractivity contribution in [2.75, 3.05) is 25.1 Å². The Hall–Kier alpha value is -1.81. The van der Waals surface area contributed by atoms with Gasteiger partial charge in [0.15, 0.2) is 0 Å². The minimum atomic E-state index is -0.926. The minimum absolute atomic E-state index is 0.0892. The third-order valence-corrected chi connectivity index (χ3v) is 4.18. The zero-order valence-electron chi connectivity index (χ0n) is 12.9. The van der Waals surface area contributed by atoms with Crippen LogP contribution in [0.5, 0.6) is 0 Å².